The molecule has 0 amide bonds. The number of rotatable bonds is 21. The molecule has 0 aromatic heterocycles. The van der Waals surface area contributed by atoms with Gasteiger partial charge < -0.3 is 42.8 Å². The van der Waals surface area contributed by atoms with Gasteiger partial charge in [-0.3, -0.25) is 0 Å². The lowest BCUT2D eigenvalue weighted by Crippen LogP contribution is -2.62. The number of hydrogen-bond donors (Lipinski definition) is 1. The highest BCUT2D eigenvalue weighted by Gasteiger charge is 2.50. The minimum Gasteiger partial charge on any atom is -0.437 e. The molecule has 0 aromatic carbocycles. The Bertz CT molecular complexity index is 911. The summed E-state index contributed by atoms with van der Waals surface area (Å²) in [4.78, 5) is 0. The smallest absolute Gasteiger partial charge is 0.314 e. The van der Waals surface area contributed by atoms with Gasteiger partial charge in [0.15, 0.2) is 16.6 Å². The molecule has 0 heterocycles. The van der Waals surface area contributed by atoms with Crippen LogP contribution in [0.25, 0.3) is 0 Å². The number of hydrogen-bond acceptors (Lipinski definition) is 10. The van der Waals surface area contributed by atoms with E-state index in [1.54, 1.807) is 0 Å². The molecule has 0 saturated heterocycles. The first kappa shape index (κ1) is 45.8. The Morgan fingerprint density at radius 3 is 0.727 bits per heavy atom. The van der Waals surface area contributed by atoms with Gasteiger partial charge in [0.1, 0.15) is 0 Å². The van der Waals surface area contributed by atoms with Crippen molar-refractivity contribution in [2.24, 2.45) is 5.73 Å². The highest BCUT2D eigenvalue weighted by molar-refractivity contribution is 6.93. The summed E-state index contributed by atoms with van der Waals surface area (Å²) in [6.45, 7) is 45.2. The second kappa shape index (κ2) is 15.8. The van der Waals surface area contributed by atoms with Crippen LogP contribution in [0.4, 0.5) is 0 Å². The Balaban J connectivity index is 5.45. The van der Waals surface area contributed by atoms with Gasteiger partial charge >= 0.3 is 68.5 Å². The summed E-state index contributed by atoms with van der Waals surface area (Å²) in [7, 11) is -24.0. The molecule has 44 heavy (non-hydrogen) atoms. The fraction of sp³-hybridized carbons (Fsp3) is 1.00. The molecule has 0 atom stereocenters. The van der Waals surface area contributed by atoms with Crippen LogP contribution in [0, 0.1) is 0 Å². The molecule has 0 bridgehead atoms. The molecule has 0 radical (unpaired) electrons. The largest absolute Gasteiger partial charge is 0.437 e. The molecule has 0 unspecified atom stereocenters. The average Bonchev–Trinajstić information content (AvgIpc) is 2.54. The fourth-order valence-corrected chi connectivity index (χ4v) is 56.5. The van der Waals surface area contributed by atoms with Crippen molar-refractivity contribution >= 4 is 85.1 Å². The van der Waals surface area contributed by atoms with Crippen molar-refractivity contribution in [1.82, 2.24) is 0 Å². The van der Waals surface area contributed by atoms with Gasteiger partial charge in [0.05, 0.1) is 0 Å². The lowest BCUT2D eigenvalue weighted by molar-refractivity contribution is 0.257. The van der Waals surface area contributed by atoms with Crippen LogP contribution >= 0.6 is 0 Å². The lowest BCUT2D eigenvalue weighted by atomic mass is 10.5. The van der Waals surface area contributed by atoms with Crippen LogP contribution in [0.15, 0.2) is 0 Å². The summed E-state index contributed by atoms with van der Waals surface area (Å²) in [6.07, 6.45) is 0.977. The van der Waals surface area contributed by atoms with Crippen LogP contribution < -0.4 is 5.73 Å². The minimum absolute atomic E-state index is 0.685. The SMILES string of the molecule is C[Si](C)(C)O[Si](C)(C)O[Si](C)(C)O[Si](C)(C)O[Si](C)(C)O[Si](C)(C)O[Si](C)(C)O[Si](C)(C)O[Si](C)(C)O[Si](C)(C)CCCN. The monoisotopic (exact) mass is 797 g/mol. The molecule has 266 valence electrons. The fourth-order valence-electron chi connectivity index (χ4n) is 6.29. The van der Waals surface area contributed by atoms with Crippen LogP contribution in [0.2, 0.25) is 144 Å². The Labute approximate surface area is 283 Å². The summed E-state index contributed by atoms with van der Waals surface area (Å²) < 4.78 is 60.0. The zero-order valence-corrected chi connectivity index (χ0v) is 42.4. The average molecular weight is 799 g/mol. The maximum atomic E-state index is 6.76. The van der Waals surface area contributed by atoms with Gasteiger partial charge in [0.2, 0.25) is 0 Å². The molecule has 0 spiro atoms. The van der Waals surface area contributed by atoms with Gasteiger partial charge in [-0.15, -0.1) is 0 Å². The highest BCUT2D eigenvalue weighted by atomic mass is 28.5. The van der Waals surface area contributed by atoms with Gasteiger partial charge in [-0.25, -0.2) is 0 Å². The Kier molecular flexibility index (Phi) is 16.4. The van der Waals surface area contributed by atoms with Crippen molar-refractivity contribution in [3.8, 4) is 0 Å². The molecule has 0 rings (SSSR count). The molecular formula is C24H71NO9Si10. The first-order valence-electron chi connectivity index (χ1n) is 15.9. The third kappa shape index (κ3) is 21.7. The van der Waals surface area contributed by atoms with Crippen LogP contribution in [0.3, 0.4) is 0 Å². The molecule has 0 aromatic rings. The van der Waals surface area contributed by atoms with Crippen LogP contribution in [0.5, 0.6) is 0 Å². The van der Waals surface area contributed by atoms with Gasteiger partial charge in [0, 0.05) is 0 Å². The van der Waals surface area contributed by atoms with E-state index in [1.807, 2.05) is 0 Å². The van der Waals surface area contributed by atoms with Crippen molar-refractivity contribution in [3.63, 3.8) is 0 Å². The summed E-state index contributed by atoms with van der Waals surface area (Å²) in [5.41, 5.74) is 5.75. The van der Waals surface area contributed by atoms with Crippen molar-refractivity contribution in [1.29, 1.82) is 0 Å². The first-order chi connectivity index (χ1) is 18.9. The predicted molar refractivity (Wildman–Crippen MR) is 209 cm³/mol. The quantitative estimate of drug-likeness (QED) is 0.114. The molecule has 0 fully saturated rings. The van der Waals surface area contributed by atoms with E-state index in [0.29, 0.717) is 6.54 Å². The lowest BCUT2D eigenvalue weighted by Gasteiger charge is -2.44. The van der Waals surface area contributed by atoms with Crippen LogP contribution in [0.1, 0.15) is 6.42 Å². The first-order valence-corrected chi connectivity index (χ1v) is 45.0. The maximum Gasteiger partial charge on any atom is 0.314 e. The van der Waals surface area contributed by atoms with E-state index in [9.17, 15) is 0 Å². The molecule has 20 heteroatoms. The second-order valence-electron chi connectivity index (χ2n) is 16.9. The molecule has 10 nitrogen and oxygen atoms in total. The summed E-state index contributed by atoms with van der Waals surface area (Å²) >= 11 is 0. The minimum atomic E-state index is -2.66. The van der Waals surface area contributed by atoms with E-state index >= 15 is 0 Å². The summed E-state index contributed by atoms with van der Waals surface area (Å²) in [6, 6.07) is 1.03. The van der Waals surface area contributed by atoms with Crippen LogP contribution in [-0.4, -0.2) is 91.7 Å². The van der Waals surface area contributed by atoms with Gasteiger partial charge in [-0.1, -0.05) is 0 Å². The van der Waals surface area contributed by atoms with Crippen molar-refractivity contribution in [2.45, 2.75) is 150 Å². The molecule has 0 aliphatic rings. The van der Waals surface area contributed by atoms with E-state index in [4.69, 9.17) is 42.8 Å². The van der Waals surface area contributed by atoms with Crippen molar-refractivity contribution in [2.75, 3.05) is 6.54 Å². The molecular weight excluding hydrogens is 727 g/mol. The van der Waals surface area contributed by atoms with E-state index in [-0.39, 0.29) is 0 Å². The second-order valence-corrected chi connectivity index (χ2v) is 54.9. The molecule has 2 N–H and O–H groups in total. The van der Waals surface area contributed by atoms with E-state index in [2.05, 4.69) is 137 Å². The Morgan fingerprint density at radius 1 is 0.318 bits per heavy atom. The van der Waals surface area contributed by atoms with Gasteiger partial charge in [0.25, 0.3) is 0 Å². The van der Waals surface area contributed by atoms with Crippen LogP contribution in [-0.2, 0) is 37.0 Å². The molecule has 0 aliphatic carbocycles. The highest BCUT2D eigenvalue weighted by Crippen LogP contribution is 2.31. The molecule has 0 aliphatic heterocycles. The maximum absolute atomic E-state index is 6.76. The van der Waals surface area contributed by atoms with Crippen molar-refractivity contribution < 1.29 is 37.0 Å². The Morgan fingerprint density at radius 2 is 0.523 bits per heavy atom. The standard InChI is InChI=1S/C24H71NO9Si10/c1-35(2,3)26-37(6,7)28-39(10,11)30-41(14,15)32-43(18,19)34-44(20,21)33-42(16,17)31-40(12,13)29-38(8,9)27-36(4,5)24-22-23-25/h22-25H2,1-21H3. The predicted octanol–water partition coefficient (Wildman–Crippen LogP) is 8.14. The van der Waals surface area contributed by atoms with Gasteiger partial charge in [-0.2, -0.15) is 0 Å². The Hall–Kier alpha value is 1.77. The van der Waals surface area contributed by atoms with Gasteiger partial charge in [-0.05, 0) is 156 Å². The zero-order valence-electron chi connectivity index (χ0n) is 32.4. The zero-order chi connectivity index (χ0) is 35.5. The normalized spacial score (nSPS) is 15.7. The van der Waals surface area contributed by atoms with E-state index in [1.165, 1.54) is 0 Å². The van der Waals surface area contributed by atoms with Crippen molar-refractivity contribution in [3.05, 3.63) is 0 Å². The topological polar surface area (TPSA) is 109 Å². The summed E-state index contributed by atoms with van der Waals surface area (Å²) in [5.74, 6) is 0. The third-order valence-corrected chi connectivity index (χ3v) is 43.2. The van der Waals surface area contributed by atoms with E-state index < -0.39 is 85.1 Å². The summed E-state index contributed by atoms with van der Waals surface area (Å²) in [5, 5.41) is 0. The molecule has 0 saturated carbocycles. The number of nitrogens with two attached hydrogens (primary N) is 1. The third-order valence-electron chi connectivity index (χ3n) is 5.50. The van der Waals surface area contributed by atoms with E-state index in [0.717, 1.165) is 12.5 Å².